The highest BCUT2D eigenvalue weighted by molar-refractivity contribution is 6.04. The lowest BCUT2D eigenvalue weighted by Crippen LogP contribution is -1.99. The predicted octanol–water partition coefficient (Wildman–Crippen LogP) is 3.69. The molecule has 0 heterocycles. The zero-order valence-corrected chi connectivity index (χ0v) is 11.5. The number of methoxy groups -OCH3 is 1. The van der Waals surface area contributed by atoms with Gasteiger partial charge in [0.15, 0.2) is 0 Å². The summed E-state index contributed by atoms with van der Waals surface area (Å²) in [5.74, 6) is 0.865. The smallest absolute Gasteiger partial charge is 0.118 e. The van der Waals surface area contributed by atoms with Crippen LogP contribution in [-0.2, 0) is 6.42 Å². The van der Waals surface area contributed by atoms with E-state index in [1.165, 1.54) is 17.3 Å². The Balaban J connectivity index is 2.06. The van der Waals surface area contributed by atoms with Crippen LogP contribution in [0.15, 0.2) is 48.5 Å². The van der Waals surface area contributed by atoms with Crippen LogP contribution in [0.25, 0.3) is 0 Å². The van der Waals surface area contributed by atoms with Crippen molar-refractivity contribution < 1.29 is 4.74 Å². The summed E-state index contributed by atoms with van der Waals surface area (Å²) in [6, 6.07) is 16.0. The summed E-state index contributed by atoms with van der Waals surface area (Å²) in [5, 5.41) is 14.8. The second-order valence-electron chi connectivity index (χ2n) is 4.61. The third-order valence-corrected chi connectivity index (χ3v) is 3.18. The molecule has 0 saturated carbocycles. The third-order valence-electron chi connectivity index (χ3n) is 3.18. The van der Waals surface area contributed by atoms with Crippen molar-refractivity contribution in [3.05, 3.63) is 65.2 Å². The van der Waals surface area contributed by atoms with Gasteiger partial charge < -0.3 is 15.6 Å². The maximum Gasteiger partial charge on any atom is 0.118 e. The molecule has 0 fully saturated rings. The van der Waals surface area contributed by atoms with E-state index in [0.29, 0.717) is 12.1 Å². The number of rotatable bonds is 6. The monoisotopic (exact) mass is 266 g/mol. The van der Waals surface area contributed by atoms with Crippen LogP contribution >= 0.6 is 0 Å². The largest absolute Gasteiger partial charge is 0.497 e. The van der Waals surface area contributed by atoms with E-state index in [9.17, 15) is 0 Å². The first kappa shape index (κ1) is 14.0. The van der Waals surface area contributed by atoms with Crippen LogP contribution in [0.4, 0.5) is 0 Å². The van der Waals surface area contributed by atoms with Crippen molar-refractivity contribution in [3.63, 3.8) is 0 Å². The van der Waals surface area contributed by atoms with Gasteiger partial charge in [0, 0.05) is 18.3 Å². The minimum atomic E-state index is 0.387. The van der Waals surface area contributed by atoms with Crippen LogP contribution in [0, 0.1) is 10.8 Å². The quantitative estimate of drug-likeness (QED) is 0.770. The Kier molecular flexibility index (Phi) is 4.66. The molecule has 3 heteroatoms. The Hall–Kier alpha value is -2.42. The summed E-state index contributed by atoms with van der Waals surface area (Å²) >= 11 is 0. The van der Waals surface area contributed by atoms with E-state index >= 15 is 0 Å². The first-order valence-corrected chi connectivity index (χ1v) is 6.51. The van der Waals surface area contributed by atoms with E-state index in [0.717, 1.165) is 17.7 Å². The van der Waals surface area contributed by atoms with E-state index in [-0.39, 0.29) is 0 Å². The van der Waals surface area contributed by atoms with Crippen LogP contribution in [0.2, 0.25) is 0 Å². The Labute approximate surface area is 119 Å². The van der Waals surface area contributed by atoms with Gasteiger partial charge in [-0.05, 0) is 35.2 Å². The molecule has 0 aromatic heterocycles. The number of hydrogen-bond donors (Lipinski definition) is 2. The molecule has 2 aromatic rings. The van der Waals surface area contributed by atoms with Gasteiger partial charge in [-0.1, -0.05) is 36.4 Å². The van der Waals surface area contributed by atoms with Crippen LogP contribution in [0.1, 0.15) is 23.1 Å². The van der Waals surface area contributed by atoms with Gasteiger partial charge in [0.1, 0.15) is 5.75 Å². The van der Waals surface area contributed by atoms with E-state index in [2.05, 4.69) is 12.1 Å². The average molecular weight is 266 g/mol. The summed E-state index contributed by atoms with van der Waals surface area (Å²) in [6.45, 7) is 0. The molecular formula is C17H18N2O. The van der Waals surface area contributed by atoms with E-state index in [1.54, 1.807) is 7.11 Å². The second-order valence-corrected chi connectivity index (χ2v) is 4.61. The average Bonchev–Trinajstić information content (AvgIpc) is 2.49. The topological polar surface area (TPSA) is 56.9 Å². The Morgan fingerprint density at radius 1 is 1.00 bits per heavy atom. The fourth-order valence-electron chi connectivity index (χ4n) is 2.02. The molecule has 0 saturated heterocycles. The predicted molar refractivity (Wildman–Crippen MR) is 82.5 cm³/mol. The van der Waals surface area contributed by atoms with Crippen molar-refractivity contribution in [1.82, 2.24) is 0 Å². The number of nitrogens with one attached hydrogen (secondary N) is 2. The van der Waals surface area contributed by atoms with Crippen molar-refractivity contribution in [1.29, 1.82) is 10.8 Å². The van der Waals surface area contributed by atoms with Gasteiger partial charge in [0.25, 0.3) is 0 Å². The fourth-order valence-corrected chi connectivity index (χ4v) is 2.02. The summed E-state index contributed by atoms with van der Waals surface area (Å²) in [6.07, 6.45) is 2.51. The van der Waals surface area contributed by atoms with Gasteiger partial charge >= 0.3 is 0 Å². The molecular weight excluding hydrogens is 248 g/mol. The zero-order chi connectivity index (χ0) is 14.4. The molecule has 3 nitrogen and oxygen atoms in total. The summed E-state index contributed by atoms with van der Waals surface area (Å²) in [5.41, 5.74) is 3.80. The van der Waals surface area contributed by atoms with E-state index in [1.807, 2.05) is 36.4 Å². The molecule has 0 atom stereocenters. The molecule has 0 bridgehead atoms. The molecule has 0 aliphatic carbocycles. The number of hydrogen-bond acceptors (Lipinski definition) is 3. The highest BCUT2D eigenvalue weighted by Gasteiger charge is 2.01. The minimum Gasteiger partial charge on any atom is -0.497 e. The normalized spacial score (nSPS) is 10.1. The van der Waals surface area contributed by atoms with Crippen molar-refractivity contribution in [2.75, 3.05) is 7.11 Å². The Bertz CT molecular complexity index is 585. The summed E-state index contributed by atoms with van der Waals surface area (Å²) < 4.78 is 5.14. The van der Waals surface area contributed by atoms with Gasteiger partial charge in [-0.2, -0.15) is 0 Å². The van der Waals surface area contributed by atoms with Crippen molar-refractivity contribution >= 4 is 11.9 Å². The molecule has 0 aliphatic heterocycles. The van der Waals surface area contributed by atoms with E-state index in [4.69, 9.17) is 15.6 Å². The maximum atomic E-state index is 7.80. The molecule has 2 rings (SSSR count). The lowest BCUT2D eigenvalue weighted by Gasteiger charge is -2.06. The first-order valence-electron chi connectivity index (χ1n) is 6.51. The van der Waals surface area contributed by atoms with Crippen LogP contribution in [0.3, 0.4) is 0 Å². The van der Waals surface area contributed by atoms with E-state index < -0.39 is 0 Å². The molecule has 0 aliphatic rings. The molecule has 0 radical (unpaired) electrons. The molecule has 20 heavy (non-hydrogen) atoms. The molecule has 2 N–H and O–H groups in total. The Morgan fingerprint density at radius 2 is 1.55 bits per heavy atom. The van der Waals surface area contributed by atoms with Crippen molar-refractivity contribution in [3.8, 4) is 5.75 Å². The maximum absolute atomic E-state index is 7.80. The van der Waals surface area contributed by atoms with Crippen LogP contribution in [-0.4, -0.2) is 19.0 Å². The zero-order valence-electron chi connectivity index (χ0n) is 11.5. The van der Waals surface area contributed by atoms with Crippen molar-refractivity contribution in [2.45, 2.75) is 12.8 Å². The Morgan fingerprint density at radius 3 is 2.05 bits per heavy atom. The molecule has 0 unspecified atom stereocenters. The molecule has 2 aromatic carbocycles. The standard InChI is InChI=1S/C17H18N2O/c1-20-16-8-4-14(5-9-16)12-13-2-6-15(7-3-13)17(19)10-11-18/h2-9,11,18-19H,10,12H2,1H3. The highest BCUT2D eigenvalue weighted by Crippen LogP contribution is 2.15. The van der Waals surface area contributed by atoms with Crippen LogP contribution < -0.4 is 4.74 Å². The SMILES string of the molecule is COc1ccc(Cc2ccc(C(=N)CC=N)cc2)cc1. The first-order chi connectivity index (χ1) is 9.72. The molecule has 0 spiro atoms. The van der Waals surface area contributed by atoms with Gasteiger partial charge in [-0.15, -0.1) is 0 Å². The number of ether oxygens (including phenoxy) is 1. The number of benzene rings is 2. The third kappa shape index (κ3) is 3.54. The molecule has 102 valence electrons. The lowest BCUT2D eigenvalue weighted by molar-refractivity contribution is 0.414. The van der Waals surface area contributed by atoms with Crippen LogP contribution in [0.5, 0.6) is 5.75 Å². The van der Waals surface area contributed by atoms with Gasteiger partial charge in [-0.3, -0.25) is 0 Å². The second kappa shape index (κ2) is 6.66. The molecule has 0 amide bonds. The van der Waals surface area contributed by atoms with Gasteiger partial charge in [-0.25, -0.2) is 0 Å². The summed E-state index contributed by atoms with van der Waals surface area (Å²) in [7, 11) is 1.66. The van der Waals surface area contributed by atoms with Gasteiger partial charge in [0.2, 0.25) is 0 Å². The highest BCUT2D eigenvalue weighted by atomic mass is 16.5. The van der Waals surface area contributed by atoms with Crippen molar-refractivity contribution in [2.24, 2.45) is 0 Å². The van der Waals surface area contributed by atoms with Gasteiger partial charge in [0.05, 0.1) is 7.11 Å². The summed E-state index contributed by atoms with van der Waals surface area (Å²) in [4.78, 5) is 0. The minimum absolute atomic E-state index is 0.387. The lowest BCUT2D eigenvalue weighted by atomic mass is 10.0. The fraction of sp³-hybridized carbons (Fsp3) is 0.176.